The first-order valence-corrected chi connectivity index (χ1v) is 8.00. The summed E-state index contributed by atoms with van der Waals surface area (Å²) in [6.45, 7) is 6.81. The maximum Gasteiger partial charge on any atom is 0.199 e. The summed E-state index contributed by atoms with van der Waals surface area (Å²) in [6.07, 6.45) is 2.09. The lowest BCUT2D eigenvalue weighted by molar-refractivity contribution is 0.0855. The SMILES string of the molecule is CC1C(N)CCC(c2nc3cc(Br)ccc3o2)C1(C)C. The molecule has 0 radical (unpaired) electrons. The maximum atomic E-state index is 6.23. The van der Waals surface area contributed by atoms with E-state index in [1.807, 2.05) is 18.2 Å². The summed E-state index contributed by atoms with van der Waals surface area (Å²) in [7, 11) is 0. The minimum Gasteiger partial charge on any atom is -0.440 e. The van der Waals surface area contributed by atoms with Crippen molar-refractivity contribution >= 4 is 27.0 Å². The molecule has 4 heteroatoms. The van der Waals surface area contributed by atoms with Crippen LogP contribution in [0, 0.1) is 11.3 Å². The number of fused-ring (bicyclic) bond motifs is 1. The van der Waals surface area contributed by atoms with E-state index in [0.717, 1.165) is 34.3 Å². The minimum absolute atomic E-state index is 0.107. The molecule has 3 rings (SSSR count). The van der Waals surface area contributed by atoms with Crippen LogP contribution in [0.3, 0.4) is 0 Å². The van der Waals surface area contributed by atoms with E-state index in [4.69, 9.17) is 15.1 Å². The van der Waals surface area contributed by atoms with Gasteiger partial charge in [-0.2, -0.15) is 0 Å². The molecule has 108 valence electrons. The van der Waals surface area contributed by atoms with Gasteiger partial charge in [0.15, 0.2) is 11.5 Å². The van der Waals surface area contributed by atoms with E-state index in [2.05, 4.69) is 36.7 Å². The molecule has 1 aromatic carbocycles. The molecule has 3 atom stereocenters. The third kappa shape index (κ3) is 2.19. The third-order valence-corrected chi connectivity index (χ3v) is 5.66. The van der Waals surface area contributed by atoms with Gasteiger partial charge in [0.1, 0.15) is 5.52 Å². The zero-order valence-electron chi connectivity index (χ0n) is 12.2. The molecule has 1 heterocycles. The van der Waals surface area contributed by atoms with E-state index in [9.17, 15) is 0 Å². The van der Waals surface area contributed by atoms with Gasteiger partial charge in [0, 0.05) is 16.4 Å². The van der Waals surface area contributed by atoms with Crippen molar-refractivity contribution in [2.75, 3.05) is 0 Å². The van der Waals surface area contributed by atoms with Crippen LogP contribution in [0.4, 0.5) is 0 Å². The number of hydrogen-bond acceptors (Lipinski definition) is 3. The van der Waals surface area contributed by atoms with Gasteiger partial charge in [0.05, 0.1) is 0 Å². The highest BCUT2D eigenvalue weighted by Crippen LogP contribution is 2.49. The van der Waals surface area contributed by atoms with Crippen LogP contribution >= 0.6 is 15.9 Å². The molecule has 1 aromatic heterocycles. The van der Waals surface area contributed by atoms with Crippen molar-refractivity contribution in [2.45, 2.75) is 45.6 Å². The van der Waals surface area contributed by atoms with Gasteiger partial charge in [0.2, 0.25) is 0 Å². The van der Waals surface area contributed by atoms with Crippen molar-refractivity contribution in [3.63, 3.8) is 0 Å². The van der Waals surface area contributed by atoms with E-state index < -0.39 is 0 Å². The summed E-state index contributed by atoms with van der Waals surface area (Å²) in [5.74, 6) is 1.66. The van der Waals surface area contributed by atoms with Gasteiger partial charge in [-0.25, -0.2) is 4.98 Å². The molecular weight excluding hydrogens is 316 g/mol. The minimum atomic E-state index is 0.107. The second-order valence-corrected chi connectivity index (χ2v) is 7.48. The number of hydrogen-bond donors (Lipinski definition) is 1. The average molecular weight is 337 g/mol. The van der Waals surface area contributed by atoms with E-state index in [1.165, 1.54) is 0 Å². The molecule has 1 saturated carbocycles. The summed E-state index contributed by atoms with van der Waals surface area (Å²) in [4.78, 5) is 4.71. The van der Waals surface area contributed by atoms with Gasteiger partial charge in [-0.3, -0.25) is 0 Å². The Balaban J connectivity index is 2.01. The maximum absolute atomic E-state index is 6.23. The highest BCUT2D eigenvalue weighted by atomic mass is 79.9. The van der Waals surface area contributed by atoms with Gasteiger partial charge in [-0.05, 0) is 42.4 Å². The van der Waals surface area contributed by atoms with E-state index in [0.29, 0.717) is 11.8 Å². The van der Waals surface area contributed by atoms with Gasteiger partial charge in [-0.15, -0.1) is 0 Å². The van der Waals surface area contributed by atoms with Crippen LogP contribution < -0.4 is 5.73 Å². The summed E-state index contributed by atoms with van der Waals surface area (Å²) in [5.41, 5.74) is 8.13. The smallest absolute Gasteiger partial charge is 0.199 e. The molecule has 1 aliphatic carbocycles. The standard InChI is InChI=1S/C16H21BrN2O/c1-9-12(18)6-5-11(16(9,2)3)15-19-13-8-10(17)4-7-14(13)20-15/h4,7-9,11-12H,5-6,18H2,1-3H3. The van der Waals surface area contributed by atoms with Crippen molar-refractivity contribution in [1.29, 1.82) is 0 Å². The van der Waals surface area contributed by atoms with Crippen molar-refractivity contribution in [3.8, 4) is 0 Å². The molecule has 2 N–H and O–H groups in total. The van der Waals surface area contributed by atoms with Crippen LogP contribution in [-0.4, -0.2) is 11.0 Å². The van der Waals surface area contributed by atoms with Gasteiger partial charge >= 0.3 is 0 Å². The first kappa shape index (κ1) is 14.1. The molecular formula is C16H21BrN2O. The predicted molar refractivity (Wildman–Crippen MR) is 84.6 cm³/mol. The van der Waals surface area contributed by atoms with E-state index in [1.54, 1.807) is 0 Å². The molecule has 3 unspecified atom stereocenters. The fourth-order valence-electron chi connectivity index (χ4n) is 3.36. The highest BCUT2D eigenvalue weighted by molar-refractivity contribution is 9.10. The Bertz CT molecular complexity index is 634. The molecule has 0 saturated heterocycles. The van der Waals surface area contributed by atoms with E-state index in [-0.39, 0.29) is 11.5 Å². The molecule has 0 aliphatic heterocycles. The number of benzene rings is 1. The van der Waals surface area contributed by atoms with Crippen LogP contribution in [0.1, 0.15) is 45.4 Å². The Hall–Kier alpha value is -0.870. The van der Waals surface area contributed by atoms with E-state index >= 15 is 0 Å². The second kappa shape index (κ2) is 4.85. The average Bonchev–Trinajstić information content (AvgIpc) is 2.78. The molecule has 0 spiro atoms. The zero-order valence-corrected chi connectivity index (χ0v) is 13.8. The van der Waals surface area contributed by atoms with Crippen LogP contribution in [-0.2, 0) is 0 Å². The largest absolute Gasteiger partial charge is 0.440 e. The molecule has 2 aromatic rings. The van der Waals surface area contributed by atoms with Crippen molar-refractivity contribution in [1.82, 2.24) is 4.98 Å². The van der Waals surface area contributed by atoms with Crippen LogP contribution in [0.2, 0.25) is 0 Å². The number of rotatable bonds is 1. The lowest BCUT2D eigenvalue weighted by Gasteiger charge is -2.45. The lowest BCUT2D eigenvalue weighted by Crippen LogP contribution is -2.45. The van der Waals surface area contributed by atoms with Crippen LogP contribution in [0.5, 0.6) is 0 Å². The summed E-state index contributed by atoms with van der Waals surface area (Å²) in [6, 6.07) is 6.25. The number of oxazole rings is 1. The Morgan fingerprint density at radius 1 is 1.35 bits per heavy atom. The van der Waals surface area contributed by atoms with Crippen molar-refractivity contribution in [2.24, 2.45) is 17.1 Å². The predicted octanol–water partition coefficient (Wildman–Crippen LogP) is 4.46. The molecule has 0 amide bonds. The molecule has 20 heavy (non-hydrogen) atoms. The van der Waals surface area contributed by atoms with Crippen LogP contribution in [0.15, 0.2) is 27.1 Å². The van der Waals surface area contributed by atoms with Gasteiger partial charge in [0.25, 0.3) is 0 Å². The fraction of sp³-hybridized carbons (Fsp3) is 0.562. The first-order chi connectivity index (χ1) is 9.39. The first-order valence-electron chi connectivity index (χ1n) is 7.21. The number of halogens is 1. The van der Waals surface area contributed by atoms with Crippen molar-refractivity contribution in [3.05, 3.63) is 28.6 Å². The number of aromatic nitrogens is 1. The third-order valence-electron chi connectivity index (χ3n) is 5.17. The summed E-state index contributed by atoms with van der Waals surface area (Å²) >= 11 is 3.48. The molecule has 0 bridgehead atoms. The number of nitrogens with zero attached hydrogens (tertiary/aromatic N) is 1. The second-order valence-electron chi connectivity index (χ2n) is 6.57. The Morgan fingerprint density at radius 3 is 2.85 bits per heavy atom. The zero-order chi connectivity index (χ0) is 14.5. The summed E-state index contributed by atoms with van der Waals surface area (Å²) in [5, 5.41) is 0. The quantitative estimate of drug-likeness (QED) is 0.836. The monoisotopic (exact) mass is 336 g/mol. The van der Waals surface area contributed by atoms with Crippen LogP contribution in [0.25, 0.3) is 11.1 Å². The lowest BCUT2D eigenvalue weighted by atomic mass is 9.61. The molecule has 1 aliphatic rings. The Labute approximate surface area is 128 Å². The highest BCUT2D eigenvalue weighted by Gasteiger charge is 2.44. The molecule has 1 fully saturated rings. The van der Waals surface area contributed by atoms with Gasteiger partial charge in [-0.1, -0.05) is 36.7 Å². The summed E-state index contributed by atoms with van der Waals surface area (Å²) < 4.78 is 7.04. The van der Waals surface area contributed by atoms with Crippen molar-refractivity contribution < 1.29 is 4.42 Å². The number of nitrogens with two attached hydrogens (primary N) is 1. The molecule has 3 nitrogen and oxygen atoms in total. The normalized spacial score (nSPS) is 29.8. The van der Waals surface area contributed by atoms with Gasteiger partial charge < -0.3 is 10.2 Å². The topological polar surface area (TPSA) is 52.0 Å². The Morgan fingerprint density at radius 2 is 2.10 bits per heavy atom. The Kier molecular flexibility index (Phi) is 3.41. The fourth-order valence-corrected chi connectivity index (χ4v) is 3.71.